The number of hydrogen-bond acceptors (Lipinski definition) is 1. The average Bonchev–Trinajstić information content (AvgIpc) is 2.15. The fourth-order valence-corrected chi connectivity index (χ4v) is 1.23. The zero-order chi connectivity index (χ0) is 11.5. The van der Waals surface area contributed by atoms with Crippen molar-refractivity contribution < 1.29 is 13.2 Å². The van der Waals surface area contributed by atoms with E-state index in [0.717, 1.165) is 6.07 Å². The zero-order valence-corrected chi connectivity index (χ0v) is 8.28. The third kappa shape index (κ3) is 3.07. The highest BCUT2D eigenvalue weighted by molar-refractivity contribution is 6.31. The van der Waals surface area contributed by atoms with E-state index >= 15 is 0 Å². The Labute approximate surface area is 90.2 Å². The van der Waals surface area contributed by atoms with Crippen LogP contribution in [-0.2, 0) is 6.18 Å². The number of benzene rings is 1. The van der Waals surface area contributed by atoms with Crippen LogP contribution in [0.3, 0.4) is 0 Å². The molecule has 0 heterocycles. The Morgan fingerprint density at radius 3 is 2.60 bits per heavy atom. The molecule has 0 saturated carbocycles. The van der Waals surface area contributed by atoms with Crippen molar-refractivity contribution in [3.05, 3.63) is 28.8 Å². The quantitative estimate of drug-likeness (QED) is 0.772. The van der Waals surface area contributed by atoms with Crippen molar-refractivity contribution in [2.24, 2.45) is 0 Å². The first-order valence-electron chi connectivity index (χ1n) is 3.99. The Kier molecular flexibility index (Phi) is 3.48. The van der Waals surface area contributed by atoms with Gasteiger partial charge >= 0.3 is 6.18 Å². The molecule has 5 heteroatoms. The Hall–Kier alpha value is -1.34. The predicted octanol–water partition coefficient (Wildman–Crippen LogP) is 3.40. The second-order valence-electron chi connectivity index (χ2n) is 2.75. The number of nitrogens with one attached hydrogen (secondary N) is 1. The van der Waals surface area contributed by atoms with Crippen molar-refractivity contribution in [1.82, 2.24) is 0 Å². The number of rotatable bonds is 2. The molecule has 0 fully saturated rings. The maximum absolute atomic E-state index is 12.4. The lowest BCUT2D eigenvalue weighted by Gasteiger charge is -2.11. The summed E-state index contributed by atoms with van der Waals surface area (Å²) >= 11 is 5.43. The molecule has 1 N–H and O–H groups in total. The van der Waals surface area contributed by atoms with E-state index in [1.54, 1.807) is 0 Å². The normalized spacial score (nSPS) is 10.9. The van der Waals surface area contributed by atoms with Crippen LogP contribution in [-0.4, -0.2) is 6.54 Å². The van der Waals surface area contributed by atoms with Gasteiger partial charge in [-0.2, -0.15) is 13.2 Å². The molecule has 0 radical (unpaired) electrons. The SMILES string of the molecule is C#CCNc1ccc(Cl)c(C(F)(F)F)c1. The third-order valence-corrected chi connectivity index (χ3v) is 2.00. The molecule has 0 aliphatic rings. The summed E-state index contributed by atoms with van der Waals surface area (Å²) < 4.78 is 37.2. The summed E-state index contributed by atoms with van der Waals surface area (Å²) in [5.74, 6) is 2.26. The lowest BCUT2D eigenvalue weighted by atomic mass is 10.2. The maximum atomic E-state index is 12.4. The van der Waals surface area contributed by atoms with Gasteiger partial charge in [-0.3, -0.25) is 0 Å². The van der Waals surface area contributed by atoms with Gasteiger partial charge in [0, 0.05) is 5.69 Å². The zero-order valence-electron chi connectivity index (χ0n) is 7.53. The Balaban J connectivity index is 3.02. The van der Waals surface area contributed by atoms with E-state index in [0.29, 0.717) is 5.69 Å². The Bertz CT molecular complexity index is 393. The van der Waals surface area contributed by atoms with Gasteiger partial charge in [0.2, 0.25) is 0 Å². The average molecular weight is 234 g/mol. The smallest absolute Gasteiger partial charge is 0.374 e. The van der Waals surface area contributed by atoms with Crippen LogP contribution < -0.4 is 5.32 Å². The maximum Gasteiger partial charge on any atom is 0.417 e. The molecule has 1 aromatic carbocycles. The third-order valence-electron chi connectivity index (χ3n) is 1.67. The highest BCUT2D eigenvalue weighted by Gasteiger charge is 2.33. The van der Waals surface area contributed by atoms with Crippen molar-refractivity contribution in [3.8, 4) is 12.3 Å². The molecule has 0 spiro atoms. The number of terminal acetylenes is 1. The largest absolute Gasteiger partial charge is 0.417 e. The summed E-state index contributed by atoms with van der Waals surface area (Å²) in [6, 6.07) is 3.55. The van der Waals surface area contributed by atoms with Gasteiger partial charge < -0.3 is 5.32 Å². The van der Waals surface area contributed by atoms with Gasteiger partial charge in [0.25, 0.3) is 0 Å². The van der Waals surface area contributed by atoms with Crippen molar-refractivity contribution in [1.29, 1.82) is 0 Å². The summed E-state index contributed by atoms with van der Waals surface area (Å²) in [5.41, 5.74) is -0.573. The standard InChI is InChI=1S/C10H7ClF3N/c1-2-5-15-7-3-4-9(11)8(6-7)10(12,13)14/h1,3-4,6,15H,5H2. The monoisotopic (exact) mass is 233 g/mol. The fraction of sp³-hybridized carbons (Fsp3) is 0.200. The van der Waals surface area contributed by atoms with Crippen LogP contribution in [0.1, 0.15) is 5.56 Å². The van der Waals surface area contributed by atoms with Crippen LogP contribution in [0.25, 0.3) is 0 Å². The minimum Gasteiger partial charge on any atom is -0.374 e. The molecule has 1 rings (SSSR count). The molecule has 0 saturated heterocycles. The molecular weight excluding hydrogens is 227 g/mol. The van der Waals surface area contributed by atoms with Gasteiger partial charge in [-0.15, -0.1) is 6.42 Å². The second kappa shape index (κ2) is 4.45. The number of alkyl halides is 3. The summed E-state index contributed by atoms with van der Waals surface area (Å²) in [6.45, 7) is 0.166. The van der Waals surface area contributed by atoms with E-state index in [2.05, 4.69) is 11.2 Å². The van der Waals surface area contributed by atoms with E-state index in [1.807, 2.05) is 0 Å². The van der Waals surface area contributed by atoms with Crippen LogP contribution in [0.5, 0.6) is 0 Å². The number of halogens is 4. The van der Waals surface area contributed by atoms with Crippen LogP contribution in [0, 0.1) is 12.3 Å². The summed E-state index contributed by atoms with van der Waals surface area (Å²) in [6.07, 6.45) is 0.516. The topological polar surface area (TPSA) is 12.0 Å². The van der Waals surface area contributed by atoms with Gasteiger partial charge in [-0.05, 0) is 18.2 Å². The molecule has 1 aromatic rings. The van der Waals surface area contributed by atoms with Crippen molar-refractivity contribution in [2.75, 3.05) is 11.9 Å². The molecule has 15 heavy (non-hydrogen) atoms. The van der Waals surface area contributed by atoms with Gasteiger partial charge in [0.1, 0.15) is 0 Å². The van der Waals surface area contributed by atoms with Crippen molar-refractivity contribution >= 4 is 17.3 Å². The molecule has 0 unspecified atom stereocenters. The lowest BCUT2D eigenvalue weighted by Crippen LogP contribution is -2.07. The predicted molar refractivity (Wildman–Crippen MR) is 53.8 cm³/mol. The van der Waals surface area contributed by atoms with Gasteiger partial charge in [0.15, 0.2) is 0 Å². The molecule has 0 amide bonds. The minimum atomic E-state index is -4.45. The van der Waals surface area contributed by atoms with E-state index in [9.17, 15) is 13.2 Å². The van der Waals surface area contributed by atoms with Crippen LogP contribution >= 0.6 is 11.6 Å². The molecular formula is C10H7ClF3N. The molecule has 0 bridgehead atoms. The first-order chi connectivity index (χ1) is 6.95. The Morgan fingerprint density at radius 1 is 1.40 bits per heavy atom. The molecule has 0 aliphatic carbocycles. The summed E-state index contributed by atoms with van der Waals surface area (Å²) in [5, 5.41) is 2.31. The van der Waals surface area contributed by atoms with E-state index in [1.165, 1.54) is 12.1 Å². The Morgan fingerprint density at radius 2 is 2.07 bits per heavy atom. The number of hydrogen-bond donors (Lipinski definition) is 1. The van der Waals surface area contributed by atoms with Gasteiger partial charge in [-0.25, -0.2) is 0 Å². The van der Waals surface area contributed by atoms with E-state index < -0.39 is 11.7 Å². The molecule has 1 nitrogen and oxygen atoms in total. The van der Waals surface area contributed by atoms with Crippen molar-refractivity contribution in [2.45, 2.75) is 6.18 Å². The summed E-state index contributed by atoms with van der Waals surface area (Å²) in [7, 11) is 0. The second-order valence-corrected chi connectivity index (χ2v) is 3.16. The minimum absolute atomic E-state index is 0.166. The lowest BCUT2D eigenvalue weighted by molar-refractivity contribution is -0.137. The fourth-order valence-electron chi connectivity index (χ4n) is 1.01. The first-order valence-corrected chi connectivity index (χ1v) is 4.37. The highest BCUT2D eigenvalue weighted by Crippen LogP contribution is 2.36. The van der Waals surface area contributed by atoms with Crippen LogP contribution in [0.15, 0.2) is 18.2 Å². The van der Waals surface area contributed by atoms with Crippen LogP contribution in [0.4, 0.5) is 18.9 Å². The van der Waals surface area contributed by atoms with Gasteiger partial charge in [-0.1, -0.05) is 17.5 Å². The highest BCUT2D eigenvalue weighted by atomic mass is 35.5. The van der Waals surface area contributed by atoms with E-state index in [4.69, 9.17) is 18.0 Å². The van der Waals surface area contributed by atoms with Gasteiger partial charge in [0.05, 0.1) is 17.1 Å². The molecule has 0 aromatic heterocycles. The number of anilines is 1. The molecule has 0 atom stereocenters. The molecule has 0 aliphatic heterocycles. The first kappa shape index (κ1) is 11.7. The van der Waals surface area contributed by atoms with E-state index in [-0.39, 0.29) is 11.6 Å². The summed E-state index contributed by atoms with van der Waals surface area (Å²) in [4.78, 5) is 0. The molecule has 80 valence electrons. The van der Waals surface area contributed by atoms with Crippen LogP contribution in [0.2, 0.25) is 5.02 Å². The van der Waals surface area contributed by atoms with Crippen molar-refractivity contribution in [3.63, 3.8) is 0 Å².